The lowest BCUT2D eigenvalue weighted by Crippen LogP contribution is -2.61. The Bertz CT molecular complexity index is 721. The van der Waals surface area contributed by atoms with Gasteiger partial charge in [0.2, 0.25) is 5.91 Å². The molecule has 1 saturated heterocycles. The number of carboxylic acid groups (broad SMARTS) is 1. The largest absolute Gasteiger partial charge is 0.477 e. The molecule has 1 aromatic heterocycles. The third-order valence-corrected chi connectivity index (χ3v) is 5.24. The third kappa shape index (κ3) is 1.95. The zero-order valence-corrected chi connectivity index (χ0v) is 12.5. The van der Waals surface area contributed by atoms with Crippen LogP contribution in [0.4, 0.5) is 0 Å². The number of nitrogens with zero attached hydrogens (tertiary/aromatic N) is 1. The number of nitrogens with two attached hydrogens (primary N) is 1. The first kappa shape index (κ1) is 14.7. The molecule has 7 nitrogen and oxygen atoms in total. The van der Waals surface area contributed by atoms with Crippen LogP contribution in [0.25, 0.3) is 5.57 Å². The van der Waals surface area contributed by atoms with Crippen LogP contribution in [0.15, 0.2) is 17.8 Å². The Morgan fingerprint density at radius 2 is 2.14 bits per heavy atom. The van der Waals surface area contributed by atoms with Crippen molar-refractivity contribution in [2.45, 2.75) is 25.5 Å². The number of carbonyl (C=O) groups excluding carboxylic acids is 2. The molecule has 116 valence electrons. The lowest BCUT2D eigenvalue weighted by Gasteiger charge is -2.44. The minimum absolute atomic E-state index is 0.0650. The summed E-state index contributed by atoms with van der Waals surface area (Å²) in [7, 11) is 0. The molecular formula is C14H14N2O5S. The number of amides is 2. The van der Waals surface area contributed by atoms with Gasteiger partial charge in [-0.15, -0.1) is 11.3 Å². The Morgan fingerprint density at radius 1 is 1.45 bits per heavy atom. The number of fused-ring (bicyclic) bond motifs is 1. The van der Waals surface area contributed by atoms with E-state index < -0.39 is 23.9 Å². The Kier molecular flexibility index (Phi) is 3.30. The third-order valence-electron chi connectivity index (χ3n) is 4.08. The maximum atomic E-state index is 12.1. The molecule has 0 saturated carbocycles. The summed E-state index contributed by atoms with van der Waals surface area (Å²) in [5.74, 6) is -2.72. The molecule has 0 bridgehead atoms. The van der Waals surface area contributed by atoms with Crippen molar-refractivity contribution >= 4 is 34.7 Å². The quantitative estimate of drug-likeness (QED) is 0.686. The minimum Gasteiger partial charge on any atom is -0.477 e. The first-order valence-corrected chi connectivity index (χ1v) is 7.52. The summed E-state index contributed by atoms with van der Waals surface area (Å²) in [6, 6.07) is 2.84. The highest BCUT2D eigenvalue weighted by Gasteiger charge is 2.56. The van der Waals surface area contributed by atoms with Gasteiger partial charge in [-0.1, -0.05) is 0 Å². The van der Waals surface area contributed by atoms with E-state index in [2.05, 4.69) is 0 Å². The second-order valence-electron chi connectivity index (χ2n) is 5.41. The first-order valence-electron chi connectivity index (χ1n) is 6.70. The molecule has 2 aliphatic rings. The molecular weight excluding hydrogens is 308 g/mol. The van der Waals surface area contributed by atoms with Crippen molar-refractivity contribution in [2.24, 2.45) is 11.7 Å². The number of hydrogen-bond donors (Lipinski definition) is 3. The number of primary amides is 1. The Labute approximate surface area is 129 Å². The average molecular weight is 322 g/mol. The van der Waals surface area contributed by atoms with Gasteiger partial charge in [0.1, 0.15) is 5.70 Å². The normalized spacial score (nSPS) is 25.0. The summed E-state index contributed by atoms with van der Waals surface area (Å²) < 4.78 is 0. The molecule has 1 aromatic rings. The molecule has 2 aliphatic heterocycles. The van der Waals surface area contributed by atoms with Crippen molar-refractivity contribution in [1.82, 2.24) is 4.90 Å². The van der Waals surface area contributed by atoms with Gasteiger partial charge in [-0.25, -0.2) is 4.79 Å². The van der Waals surface area contributed by atoms with Gasteiger partial charge in [-0.05, 0) is 25.5 Å². The SMILES string of the molecule is CC(O)C1C(=O)N2C(C(=O)O)=C(c3ccc(C(N)=O)s3)CC12. The number of aliphatic carboxylic acids is 1. The lowest BCUT2D eigenvalue weighted by atomic mass is 9.83. The number of carboxylic acids is 1. The van der Waals surface area contributed by atoms with Crippen LogP contribution in [0.1, 0.15) is 27.9 Å². The van der Waals surface area contributed by atoms with Crippen LogP contribution < -0.4 is 5.73 Å². The Balaban J connectivity index is 2.01. The van der Waals surface area contributed by atoms with E-state index in [1.54, 1.807) is 12.1 Å². The lowest BCUT2D eigenvalue weighted by molar-refractivity contribution is -0.161. The molecule has 0 spiro atoms. The summed E-state index contributed by atoms with van der Waals surface area (Å²) >= 11 is 1.11. The molecule has 3 rings (SSSR count). The molecule has 1 fully saturated rings. The predicted molar refractivity (Wildman–Crippen MR) is 77.8 cm³/mol. The number of aliphatic hydroxyl groups is 1. The van der Waals surface area contributed by atoms with Gasteiger partial charge >= 0.3 is 5.97 Å². The second-order valence-corrected chi connectivity index (χ2v) is 6.49. The standard InChI is InChI=1S/C14H14N2O5S/c1-5(17)10-7-4-6(8-2-3-9(22-8)12(15)18)11(14(20)21)16(7)13(10)19/h2-3,5,7,10,17H,4H2,1H3,(H2,15,18)(H,20,21). The van der Waals surface area contributed by atoms with Crippen molar-refractivity contribution < 1.29 is 24.6 Å². The van der Waals surface area contributed by atoms with E-state index in [9.17, 15) is 24.6 Å². The monoisotopic (exact) mass is 322 g/mol. The van der Waals surface area contributed by atoms with Crippen molar-refractivity contribution in [3.63, 3.8) is 0 Å². The number of thiophene rings is 1. The average Bonchev–Trinajstić information content (AvgIpc) is 2.99. The van der Waals surface area contributed by atoms with Crippen molar-refractivity contribution in [1.29, 1.82) is 0 Å². The molecule has 0 aliphatic carbocycles. The van der Waals surface area contributed by atoms with Crippen LogP contribution in [-0.4, -0.2) is 45.0 Å². The molecule has 3 unspecified atom stereocenters. The molecule has 8 heteroatoms. The van der Waals surface area contributed by atoms with E-state index in [-0.39, 0.29) is 17.6 Å². The van der Waals surface area contributed by atoms with E-state index in [1.807, 2.05) is 0 Å². The fraction of sp³-hybridized carbons (Fsp3) is 0.357. The van der Waals surface area contributed by atoms with Crippen LogP contribution in [-0.2, 0) is 9.59 Å². The summed E-state index contributed by atoms with van der Waals surface area (Å²) in [5.41, 5.74) is 5.65. The van der Waals surface area contributed by atoms with E-state index in [0.717, 1.165) is 11.3 Å². The van der Waals surface area contributed by atoms with Gasteiger partial charge in [-0.2, -0.15) is 0 Å². The summed E-state index contributed by atoms with van der Waals surface area (Å²) in [4.78, 5) is 37.0. The molecule has 0 aromatic carbocycles. The minimum atomic E-state index is -1.19. The second kappa shape index (κ2) is 4.92. The van der Waals surface area contributed by atoms with Crippen LogP contribution >= 0.6 is 11.3 Å². The van der Waals surface area contributed by atoms with Crippen LogP contribution in [0.2, 0.25) is 0 Å². The van der Waals surface area contributed by atoms with Gasteiger partial charge < -0.3 is 20.8 Å². The molecule has 3 heterocycles. The van der Waals surface area contributed by atoms with E-state index in [0.29, 0.717) is 21.7 Å². The predicted octanol–water partition coefficient (Wildman–Crippen LogP) is 0.254. The van der Waals surface area contributed by atoms with E-state index in [4.69, 9.17) is 5.73 Å². The van der Waals surface area contributed by atoms with Crippen molar-refractivity contribution in [2.75, 3.05) is 0 Å². The Hall–Kier alpha value is -2.19. The first-order chi connectivity index (χ1) is 10.3. The van der Waals surface area contributed by atoms with Gasteiger partial charge in [0, 0.05) is 10.5 Å². The zero-order valence-electron chi connectivity index (χ0n) is 11.6. The van der Waals surface area contributed by atoms with Crippen molar-refractivity contribution in [3.05, 3.63) is 27.6 Å². The fourth-order valence-corrected chi connectivity index (χ4v) is 4.04. The van der Waals surface area contributed by atoms with Crippen LogP contribution in [0.3, 0.4) is 0 Å². The van der Waals surface area contributed by atoms with Crippen molar-refractivity contribution in [3.8, 4) is 0 Å². The number of β-lactam (4-membered cyclic amide) rings is 1. The highest BCUT2D eigenvalue weighted by molar-refractivity contribution is 7.15. The van der Waals surface area contributed by atoms with Crippen LogP contribution in [0, 0.1) is 5.92 Å². The zero-order chi connectivity index (χ0) is 16.2. The fourth-order valence-electron chi connectivity index (χ4n) is 3.12. The number of aliphatic hydroxyl groups excluding tert-OH is 1. The molecule has 22 heavy (non-hydrogen) atoms. The molecule has 2 amide bonds. The summed E-state index contributed by atoms with van der Waals surface area (Å²) in [6.07, 6.45) is -0.477. The Morgan fingerprint density at radius 3 is 2.64 bits per heavy atom. The highest BCUT2D eigenvalue weighted by atomic mass is 32.1. The highest BCUT2D eigenvalue weighted by Crippen LogP contribution is 2.47. The molecule has 3 atom stereocenters. The summed E-state index contributed by atoms with van der Waals surface area (Å²) in [6.45, 7) is 1.52. The number of carbonyl (C=O) groups is 3. The van der Waals surface area contributed by atoms with Crippen LogP contribution in [0.5, 0.6) is 0 Å². The molecule has 4 N–H and O–H groups in total. The van der Waals surface area contributed by atoms with E-state index in [1.165, 1.54) is 11.8 Å². The topological polar surface area (TPSA) is 121 Å². The van der Waals surface area contributed by atoms with Gasteiger partial charge in [0.25, 0.3) is 5.91 Å². The smallest absolute Gasteiger partial charge is 0.352 e. The van der Waals surface area contributed by atoms with Gasteiger partial charge in [0.05, 0.1) is 22.9 Å². The molecule has 0 radical (unpaired) electrons. The van der Waals surface area contributed by atoms with E-state index >= 15 is 0 Å². The van der Waals surface area contributed by atoms with Gasteiger partial charge in [-0.3, -0.25) is 9.59 Å². The van der Waals surface area contributed by atoms with Gasteiger partial charge in [0.15, 0.2) is 0 Å². The number of hydrogen-bond acceptors (Lipinski definition) is 5. The number of rotatable bonds is 4. The maximum absolute atomic E-state index is 12.1. The maximum Gasteiger partial charge on any atom is 0.352 e. The summed E-state index contributed by atoms with van der Waals surface area (Å²) in [5, 5.41) is 19.1.